The third-order valence-corrected chi connectivity index (χ3v) is 26.0. The number of nitrogens with one attached hydrogen (secondary N) is 3. The Hall–Kier alpha value is -9.07. The summed E-state index contributed by atoms with van der Waals surface area (Å²) < 4.78 is 110. The molecule has 9 aromatic rings. The zero-order valence-electron chi connectivity index (χ0n) is 56.5. The number of fused-ring (bicyclic) bond motifs is 1. The molecule has 5 fully saturated rings. The lowest BCUT2D eigenvalue weighted by Gasteiger charge is -2.40. The van der Waals surface area contributed by atoms with Gasteiger partial charge in [-0.1, -0.05) is 47.5 Å². The summed E-state index contributed by atoms with van der Waals surface area (Å²) >= 11 is 14.2. The highest BCUT2D eigenvalue weighted by atomic mass is 35.5. The molecule has 105 heavy (non-hydrogen) atoms. The zero-order valence-corrected chi connectivity index (χ0v) is 62.1. The molecule has 0 bridgehead atoms. The maximum Gasteiger partial charge on any atom is 0.263 e. The number of piperidine rings is 1. The number of hydrogen-bond donors (Lipinski definition) is 3. The van der Waals surface area contributed by atoms with E-state index in [-0.39, 0.29) is 79.5 Å². The number of amides is 3. The summed E-state index contributed by atoms with van der Waals surface area (Å²) in [5.41, 5.74) is 6.37. The van der Waals surface area contributed by atoms with Crippen molar-refractivity contribution in [2.24, 2.45) is 0 Å². The second-order valence-electron chi connectivity index (χ2n) is 25.7. The summed E-state index contributed by atoms with van der Waals surface area (Å²) in [6.07, 6.45) is 7.68. The number of hydrogen-bond acceptors (Lipinski definition) is 20. The second kappa shape index (κ2) is 31.9. The summed E-state index contributed by atoms with van der Waals surface area (Å²) in [6, 6.07) is 40.7. The number of benzene rings is 6. The Morgan fingerprint density at radius 1 is 0.552 bits per heavy atom. The third kappa shape index (κ3) is 16.8. The van der Waals surface area contributed by atoms with Crippen molar-refractivity contribution in [1.29, 1.82) is 5.26 Å². The fraction of sp³-hybridized carbons (Fsp3) is 0.306. The van der Waals surface area contributed by atoms with Crippen molar-refractivity contribution in [2.75, 3.05) is 99.2 Å². The molecule has 0 saturated carbocycles. The molecule has 556 valence electrons. The van der Waals surface area contributed by atoms with Crippen molar-refractivity contribution < 1.29 is 55.6 Å². The maximum atomic E-state index is 13.8. The molecule has 24 nitrogen and oxygen atoms in total. The first-order valence-corrected chi connectivity index (χ1v) is 40.8. The average molecular weight is 1570 g/mol. The Bertz CT molecular complexity index is 5040. The van der Waals surface area contributed by atoms with Gasteiger partial charge in [-0.3, -0.25) is 43.2 Å². The Morgan fingerprint density at radius 2 is 1.05 bits per heavy atom. The fourth-order valence-corrected chi connectivity index (χ4v) is 19.1. The van der Waals surface area contributed by atoms with Crippen LogP contribution in [-0.4, -0.2) is 161 Å². The van der Waals surface area contributed by atoms with Crippen molar-refractivity contribution in [3.63, 3.8) is 0 Å². The van der Waals surface area contributed by atoms with Crippen LogP contribution in [0, 0.1) is 23.0 Å². The first kappa shape index (κ1) is 74.2. The van der Waals surface area contributed by atoms with Crippen molar-refractivity contribution >= 4 is 132 Å². The number of nitriles is 1. The molecule has 4 atom stereocenters. The molecular weight excluding hydrogens is 1490 g/mol. The summed E-state index contributed by atoms with van der Waals surface area (Å²) in [5, 5.41) is 20.6. The monoisotopic (exact) mass is 1570 g/mol. The van der Waals surface area contributed by atoms with Gasteiger partial charge in [0.2, 0.25) is 17.7 Å². The molecule has 9 heterocycles. The molecule has 6 aliphatic heterocycles. The van der Waals surface area contributed by atoms with Crippen LogP contribution in [0.5, 0.6) is 0 Å². The summed E-state index contributed by atoms with van der Waals surface area (Å²) in [6.45, 7) is 9.21. The molecule has 0 aliphatic carbocycles. The number of rotatable bonds is 18. The number of nitrogens with zero attached hydrogens (tertiary/aromatic N) is 12. The standard InChI is InChI=1S/C25H28FN5O3S2.C25H25N5O3S2.C22H18Cl2FN5O3S.5H2/c1-18(19-3-2-4-20(26)17-19)29-12-14-30(15-13-29)23-9-11-31(24(23)32)21-5-7-22(8-6-21)36(33,34)28-25-27-10-16-35-25;26-17-18-1-3-19(4-2-18)20-9-13-29(14-10-20)23-11-15-30(24(23)31)21-5-7-22(8-6-21)35(32,33)28-25-27-12-16-34-25;23-19-7-8-20(27-26-19)28-34(32,33)14-3-1-13(2-4-14)29-12-10-18(22(29)31)30-11-9-15-17(30)6-5-16(25)21(15)24;;;;;/h2-8,10,16-18,23H,9,11-15H2,1H3,(H,27,28);1-8,12,16,20,23H,9-11,13-15H2,(H,27,28);1-8,18H,9-12H2,(H,27,28);5*1H/t18-,23-;23-;18-;;;;;/m000...../s1. The van der Waals surface area contributed by atoms with Crippen LogP contribution in [-0.2, 0) is 50.9 Å². The number of likely N-dealkylation sites (tertiary alicyclic amines) is 1. The van der Waals surface area contributed by atoms with Crippen LogP contribution in [0.3, 0.4) is 0 Å². The number of thiazole rings is 2. The van der Waals surface area contributed by atoms with Crippen molar-refractivity contribution in [3.8, 4) is 6.07 Å². The topological polar surface area (TPSA) is 288 Å². The molecule has 0 spiro atoms. The number of carbonyl (C=O) groups excluding carboxylic acids is 3. The van der Waals surface area contributed by atoms with E-state index >= 15 is 0 Å². The quantitative estimate of drug-likeness (QED) is 0.0719. The highest BCUT2D eigenvalue weighted by Crippen LogP contribution is 2.40. The van der Waals surface area contributed by atoms with Crippen LogP contribution in [0.2, 0.25) is 10.2 Å². The summed E-state index contributed by atoms with van der Waals surface area (Å²) in [7, 11) is -11.4. The Kier molecular flexibility index (Phi) is 22.6. The number of halogens is 4. The molecule has 0 radical (unpaired) electrons. The molecule has 5 saturated heterocycles. The van der Waals surface area contributed by atoms with Crippen LogP contribution in [0.25, 0.3) is 0 Å². The molecule has 3 N–H and O–H groups in total. The van der Waals surface area contributed by atoms with Gasteiger partial charge >= 0.3 is 0 Å². The largest absolute Gasteiger partial charge is 0.359 e. The normalized spacial score (nSPS) is 19.4. The van der Waals surface area contributed by atoms with E-state index in [9.17, 15) is 48.4 Å². The SMILES string of the molecule is C[C@@H](c1cccc(F)c1)N1CCN([C@H]2CCN(c3ccc(S(=O)(=O)Nc4nccs4)cc3)C2=O)CC1.N#Cc1ccc(C2CCN([C@H]3CCN(c4ccc(S(=O)(=O)Nc5nccs5)cc4)C3=O)CC2)cc1.O=C1[C@@H](N2CCc3c2ccc(F)c3Cl)CCN1c1ccc(S(=O)(=O)Nc2ccc(Cl)nn2)cc1.[HH].[HH].[HH].[HH].[HH]. The maximum absolute atomic E-state index is 13.8. The molecule has 3 amide bonds. The van der Waals surface area contributed by atoms with E-state index in [1.807, 2.05) is 35.2 Å². The molecule has 33 heteroatoms. The van der Waals surface area contributed by atoms with Crippen molar-refractivity contribution in [3.05, 3.63) is 213 Å². The van der Waals surface area contributed by atoms with Gasteiger partial charge in [0.1, 0.15) is 17.7 Å². The minimum atomic E-state index is -3.90. The van der Waals surface area contributed by atoms with E-state index in [1.165, 1.54) is 101 Å². The Labute approximate surface area is 632 Å². The summed E-state index contributed by atoms with van der Waals surface area (Å²) in [4.78, 5) is 61.8. The van der Waals surface area contributed by atoms with E-state index in [0.29, 0.717) is 77.8 Å². The molecule has 6 aromatic carbocycles. The Balaban J connectivity index is 0.000000203. The van der Waals surface area contributed by atoms with Gasteiger partial charge in [-0.15, -0.1) is 32.9 Å². The number of carbonyl (C=O) groups is 3. The smallest absolute Gasteiger partial charge is 0.263 e. The number of sulfonamides is 3. The Morgan fingerprint density at radius 3 is 1.52 bits per heavy atom. The lowest BCUT2D eigenvalue weighted by molar-refractivity contribution is -0.123. The van der Waals surface area contributed by atoms with Crippen LogP contribution in [0.15, 0.2) is 183 Å². The lowest BCUT2D eigenvalue weighted by Crippen LogP contribution is -2.52. The molecule has 0 unspecified atom stereocenters. The van der Waals surface area contributed by atoms with Crippen molar-refractivity contribution in [2.45, 2.75) is 90.2 Å². The number of piperazine rings is 1. The molecular formula is C72H81Cl2F2N15O9S5. The van der Waals surface area contributed by atoms with Crippen molar-refractivity contribution in [1.82, 2.24) is 34.9 Å². The van der Waals surface area contributed by atoms with Gasteiger partial charge < -0.3 is 19.6 Å². The van der Waals surface area contributed by atoms with Gasteiger partial charge in [0.15, 0.2) is 21.2 Å². The van der Waals surface area contributed by atoms with Gasteiger partial charge in [0.05, 0.1) is 43.4 Å². The van der Waals surface area contributed by atoms with Gasteiger partial charge in [-0.05, 0) is 202 Å². The first-order valence-electron chi connectivity index (χ1n) is 33.8. The predicted molar refractivity (Wildman–Crippen MR) is 411 cm³/mol. The highest BCUT2D eigenvalue weighted by molar-refractivity contribution is 7.93. The summed E-state index contributed by atoms with van der Waals surface area (Å²) in [5.74, 6) is -0.198. The zero-order chi connectivity index (χ0) is 73.7. The fourth-order valence-electron chi connectivity index (χ4n) is 14.2. The predicted octanol–water partition coefficient (Wildman–Crippen LogP) is 12.5. The van der Waals surface area contributed by atoms with Gasteiger partial charge in [0, 0.05) is 111 Å². The van der Waals surface area contributed by atoms with Gasteiger partial charge in [0.25, 0.3) is 30.1 Å². The van der Waals surface area contributed by atoms with E-state index in [2.05, 4.69) is 62.0 Å². The van der Waals surface area contributed by atoms with E-state index in [1.54, 1.807) is 80.1 Å². The minimum Gasteiger partial charge on any atom is -0.359 e. The van der Waals surface area contributed by atoms with Gasteiger partial charge in [-0.2, -0.15) is 5.26 Å². The molecule has 6 aliphatic rings. The van der Waals surface area contributed by atoms with Crippen LogP contribution < -0.4 is 33.8 Å². The molecule has 3 aromatic heterocycles. The van der Waals surface area contributed by atoms with Crippen LogP contribution in [0.1, 0.15) is 80.4 Å². The minimum absolute atomic E-state index is 0. The van der Waals surface area contributed by atoms with Gasteiger partial charge in [-0.25, -0.2) is 44.0 Å². The first-order chi connectivity index (χ1) is 50.5. The van der Waals surface area contributed by atoms with E-state index in [4.69, 9.17) is 28.5 Å². The lowest BCUT2D eigenvalue weighted by atomic mass is 9.88. The average Bonchev–Trinajstić information content (AvgIpc) is 1.67. The molecule has 15 rings (SSSR count). The van der Waals surface area contributed by atoms with Crippen LogP contribution >= 0.6 is 45.9 Å². The van der Waals surface area contributed by atoms with E-state index < -0.39 is 41.9 Å². The number of aromatic nitrogens is 4. The highest BCUT2D eigenvalue weighted by Gasteiger charge is 2.42. The number of anilines is 7. The van der Waals surface area contributed by atoms with Crippen LogP contribution in [0.4, 0.5) is 47.6 Å². The van der Waals surface area contributed by atoms with E-state index in [0.717, 1.165) is 81.8 Å². The third-order valence-electron chi connectivity index (χ3n) is 19.7. The second-order valence-corrected chi connectivity index (χ2v) is 33.3.